The Labute approximate surface area is 115 Å². The molecule has 3 N–H and O–H groups in total. The van der Waals surface area contributed by atoms with Gasteiger partial charge in [0.25, 0.3) is 0 Å². The molecule has 0 heterocycles. The number of fused-ring (bicyclic) bond motifs is 2. The smallest absolute Gasteiger partial charge is 0.323 e. The average Bonchev–Trinajstić information content (AvgIpc) is 3.04. The molecule has 3 aliphatic rings. The van der Waals surface area contributed by atoms with E-state index in [2.05, 4.69) is 11.9 Å². The number of rotatable bonds is 4. The van der Waals surface area contributed by atoms with Gasteiger partial charge in [0.05, 0.1) is 0 Å². The van der Waals surface area contributed by atoms with Crippen molar-refractivity contribution < 1.29 is 9.90 Å². The number of hydrogen-bond acceptors (Lipinski definition) is 3. The molecule has 5 atom stereocenters. The zero-order valence-electron chi connectivity index (χ0n) is 11.8. The third-order valence-corrected chi connectivity index (χ3v) is 5.98. The van der Waals surface area contributed by atoms with Crippen LogP contribution in [0.2, 0.25) is 0 Å². The maximum absolute atomic E-state index is 11.2. The van der Waals surface area contributed by atoms with Gasteiger partial charge in [-0.1, -0.05) is 6.42 Å². The van der Waals surface area contributed by atoms with Gasteiger partial charge in [-0.3, -0.25) is 4.79 Å². The van der Waals surface area contributed by atoms with E-state index in [-0.39, 0.29) is 0 Å². The standard InChI is InChI=1S/C15H26N2O2/c1-17(9-12-7-10-2-3-11(12)6-10)13-4-5-15(16,8-13)14(18)19/h10-13H,2-9,16H2,1H3,(H,18,19). The summed E-state index contributed by atoms with van der Waals surface area (Å²) in [5, 5.41) is 9.20. The lowest BCUT2D eigenvalue weighted by atomic mass is 9.88. The molecule has 0 saturated heterocycles. The highest BCUT2D eigenvalue weighted by atomic mass is 16.4. The first-order valence-corrected chi connectivity index (χ1v) is 7.70. The number of carboxylic acids is 1. The number of nitrogens with zero attached hydrogens (tertiary/aromatic N) is 1. The molecular weight excluding hydrogens is 240 g/mol. The lowest BCUT2D eigenvalue weighted by molar-refractivity contribution is -0.143. The normalized spacial score (nSPS) is 45.2. The van der Waals surface area contributed by atoms with Gasteiger partial charge in [-0.2, -0.15) is 0 Å². The second kappa shape index (κ2) is 4.74. The van der Waals surface area contributed by atoms with Gasteiger partial charge in [-0.05, 0) is 63.3 Å². The van der Waals surface area contributed by atoms with Crippen molar-refractivity contribution in [1.29, 1.82) is 0 Å². The Hall–Kier alpha value is -0.610. The van der Waals surface area contributed by atoms with E-state index in [1.165, 1.54) is 25.7 Å². The summed E-state index contributed by atoms with van der Waals surface area (Å²) in [5.74, 6) is 1.94. The minimum atomic E-state index is -0.979. The second-order valence-corrected chi connectivity index (χ2v) is 7.23. The minimum Gasteiger partial charge on any atom is -0.480 e. The molecule has 3 aliphatic carbocycles. The van der Waals surface area contributed by atoms with Gasteiger partial charge in [0, 0.05) is 12.6 Å². The zero-order chi connectivity index (χ0) is 13.6. The number of aliphatic carboxylic acids is 1. The third-order valence-electron chi connectivity index (χ3n) is 5.98. The number of carboxylic acid groups (broad SMARTS) is 1. The SMILES string of the molecule is CN(CC1CC2CCC1C2)C1CCC(N)(C(=O)O)C1. The van der Waals surface area contributed by atoms with E-state index in [1.54, 1.807) is 0 Å². The van der Waals surface area contributed by atoms with Crippen molar-refractivity contribution in [3.8, 4) is 0 Å². The van der Waals surface area contributed by atoms with Crippen molar-refractivity contribution in [2.75, 3.05) is 13.6 Å². The fraction of sp³-hybridized carbons (Fsp3) is 0.933. The number of hydrogen-bond donors (Lipinski definition) is 2. The van der Waals surface area contributed by atoms with E-state index >= 15 is 0 Å². The quantitative estimate of drug-likeness (QED) is 0.812. The Morgan fingerprint density at radius 2 is 2.16 bits per heavy atom. The summed E-state index contributed by atoms with van der Waals surface area (Å²) in [6.45, 7) is 1.14. The molecular formula is C15H26N2O2. The summed E-state index contributed by atoms with van der Waals surface area (Å²) in [5.41, 5.74) is 4.99. The van der Waals surface area contributed by atoms with Crippen LogP contribution in [0, 0.1) is 17.8 Å². The van der Waals surface area contributed by atoms with Crippen LogP contribution in [0.1, 0.15) is 44.9 Å². The molecule has 0 aromatic heterocycles. The van der Waals surface area contributed by atoms with Crippen LogP contribution in [0.3, 0.4) is 0 Å². The van der Waals surface area contributed by atoms with Crippen molar-refractivity contribution >= 4 is 5.97 Å². The van der Waals surface area contributed by atoms with E-state index in [0.717, 1.165) is 30.7 Å². The molecule has 108 valence electrons. The van der Waals surface area contributed by atoms with E-state index in [4.69, 9.17) is 5.73 Å². The van der Waals surface area contributed by atoms with E-state index in [0.29, 0.717) is 18.9 Å². The van der Waals surface area contributed by atoms with E-state index in [9.17, 15) is 9.90 Å². The monoisotopic (exact) mass is 266 g/mol. The maximum Gasteiger partial charge on any atom is 0.323 e. The second-order valence-electron chi connectivity index (χ2n) is 7.23. The van der Waals surface area contributed by atoms with Gasteiger partial charge in [0.15, 0.2) is 0 Å². The fourth-order valence-electron chi connectivity index (χ4n) is 4.74. The summed E-state index contributed by atoms with van der Waals surface area (Å²) < 4.78 is 0. The summed E-state index contributed by atoms with van der Waals surface area (Å²) in [4.78, 5) is 13.6. The topological polar surface area (TPSA) is 66.6 Å². The molecule has 3 rings (SSSR count). The summed E-state index contributed by atoms with van der Waals surface area (Å²) in [6.07, 6.45) is 7.87. The van der Waals surface area contributed by atoms with Crippen molar-refractivity contribution in [3.63, 3.8) is 0 Å². The molecule has 3 saturated carbocycles. The molecule has 0 amide bonds. The number of carbonyl (C=O) groups is 1. The highest BCUT2D eigenvalue weighted by Gasteiger charge is 2.45. The van der Waals surface area contributed by atoms with Gasteiger partial charge in [-0.15, -0.1) is 0 Å². The molecule has 0 aliphatic heterocycles. The Morgan fingerprint density at radius 3 is 2.68 bits per heavy atom. The number of nitrogens with two attached hydrogens (primary N) is 1. The Bertz CT molecular complexity index is 373. The largest absolute Gasteiger partial charge is 0.480 e. The molecule has 3 fully saturated rings. The molecule has 5 unspecified atom stereocenters. The summed E-state index contributed by atoms with van der Waals surface area (Å²) in [6, 6.07) is 0.361. The predicted molar refractivity (Wildman–Crippen MR) is 73.8 cm³/mol. The minimum absolute atomic E-state index is 0.361. The van der Waals surface area contributed by atoms with Gasteiger partial charge < -0.3 is 15.7 Å². The first-order chi connectivity index (χ1) is 8.98. The zero-order valence-corrected chi connectivity index (χ0v) is 11.8. The predicted octanol–water partition coefficient (Wildman–Crippen LogP) is 1.69. The van der Waals surface area contributed by atoms with Crippen molar-refractivity contribution in [1.82, 2.24) is 4.90 Å². The molecule has 19 heavy (non-hydrogen) atoms. The van der Waals surface area contributed by atoms with Crippen LogP contribution < -0.4 is 5.73 Å². The molecule has 4 heteroatoms. The van der Waals surface area contributed by atoms with Crippen molar-refractivity contribution in [3.05, 3.63) is 0 Å². The van der Waals surface area contributed by atoms with Crippen molar-refractivity contribution in [2.24, 2.45) is 23.5 Å². The first-order valence-electron chi connectivity index (χ1n) is 7.70. The van der Waals surface area contributed by atoms with Crippen LogP contribution in [0.15, 0.2) is 0 Å². The molecule has 2 bridgehead atoms. The fourth-order valence-corrected chi connectivity index (χ4v) is 4.74. The van der Waals surface area contributed by atoms with Crippen LogP contribution in [0.5, 0.6) is 0 Å². The maximum atomic E-state index is 11.2. The third kappa shape index (κ3) is 2.40. The highest BCUT2D eigenvalue weighted by Crippen LogP contribution is 2.48. The van der Waals surface area contributed by atoms with Crippen LogP contribution >= 0.6 is 0 Å². The van der Waals surface area contributed by atoms with Crippen LogP contribution in [0.4, 0.5) is 0 Å². The van der Waals surface area contributed by atoms with Crippen LogP contribution in [-0.2, 0) is 4.79 Å². The first kappa shape index (κ1) is 13.4. The van der Waals surface area contributed by atoms with Gasteiger partial charge in [-0.25, -0.2) is 0 Å². The molecule has 0 spiro atoms. The average molecular weight is 266 g/mol. The van der Waals surface area contributed by atoms with Crippen LogP contribution in [0.25, 0.3) is 0 Å². The Morgan fingerprint density at radius 1 is 1.37 bits per heavy atom. The van der Waals surface area contributed by atoms with E-state index < -0.39 is 11.5 Å². The Balaban J connectivity index is 1.54. The van der Waals surface area contributed by atoms with E-state index in [1.807, 2.05) is 0 Å². The molecule has 0 aromatic carbocycles. The lowest BCUT2D eigenvalue weighted by Gasteiger charge is -2.31. The molecule has 0 aromatic rings. The van der Waals surface area contributed by atoms with Crippen LogP contribution in [-0.4, -0.2) is 41.1 Å². The van der Waals surface area contributed by atoms with Gasteiger partial charge >= 0.3 is 5.97 Å². The molecule has 0 radical (unpaired) electrons. The van der Waals surface area contributed by atoms with Gasteiger partial charge in [0.2, 0.25) is 0 Å². The van der Waals surface area contributed by atoms with Crippen molar-refractivity contribution in [2.45, 2.75) is 56.5 Å². The summed E-state index contributed by atoms with van der Waals surface area (Å²) >= 11 is 0. The highest BCUT2D eigenvalue weighted by molar-refractivity contribution is 5.79. The summed E-state index contributed by atoms with van der Waals surface area (Å²) in [7, 11) is 2.16. The Kier molecular flexibility index (Phi) is 3.34. The lowest BCUT2D eigenvalue weighted by Crippen LogP contribution is -2.47. The van der Waals surface area contributed by atoms with Gasteiger partial charge in [0.1, 0.15) is 5.54 Å². The molecule has 4 nitrogen and oxygen atoms in total.